The van der Waals surface area contributed by atoms with Crippen LogP contribution in [-0.2, 0) is 9.59 Å². The number of nitrogens with zero attached hydrogens (tertiary/aromatic N) is 1. The molecule has 0 spiro atoms. The highest BCUT2D eigenvalue weighted by molar-refractivity contribution is 6.42. The summed E-state index contributed by atoms with van der Waals surface area (Å²) in [6, 6.07) is 17.8. The Hall–Kier alpha value is -4.10. The number of fused-ring (bicyclic) bond motifs is 1. The average Bonchev–Trinajstić information content (AvgIpc) is 3.14. The van der Waals surface area contributed by atoms with Gasteiger partial charge >= 0.3 is 11.8 Å². The van der Waals surface area contributed by atoms with Crippen LogP contribution in [0, 0.1) is 27.7 Å². The summed E-state index contributed by atoms with van der Waals surface area (Å²) in [5, 5.41) is 6.62. The van der Waals surface area contributed by atoms with Crippen LogP contribution in [0.1, 0.15) is 32.7 Å². The smallest absolute Gasteiger partial charge is 0.321 e. The van der Waals surface area contributed by atoms with Gasteiger partial charge in [0.15, 0.2) is 0 Å². The van der Waals surface area contributed by atoms with Gasteiger partial charge in [0.2, 0.25) is 0 Å². The van der Waals surface area contributed by atoms with Crippen LogP contribution < -0.4 is 16.1 Å². The molecule has 0 radical (unpaired) electrons. The summed E-state index contributed by atoms with van der Waals surface area (Å²) < 4.78 is 1.30. The predicted octanol–water partition coefficient (Wildman–Crippen LogP) is 5.49. The Morgan fingerprint density at radius 2 is 1.40 bits per heavy atom. The quantitative estimate of drug-likeness (QED) is 0.332. The van der Waals surface area contributed by atoms with Gasteiger partial charge in [-0.15, -0.1) is 0 Å². The lowest BCUT2D eigenvalue weighted by Gasteiger charge is -2.15. The molecular weight excluding hydrogens is 464 g/mol. The zero-order valence-corrected chi connectivity index (χ0v) is 20.6. The molecule has 0 aliphatic rings. The molecule has 3 amide bonds. The lowest BCUT2D eigenvalue weighted by molar-refractivity contribution is -0.133. The number of hydrogen-bond acceptors (Lipinski definition) is 3. The summed E-state index contributed by atoms with van der Waals surface area (Å²) in [7, 11) is 0. The lowest BCUT2D eigenvalue weighted by Crippen LogP contribution is -2.36. The Balaban J connectivity index is 1.63. The summed E-state index contributed by atoms with van der Waals surface area (Å²) >= 11 is 6.13. The van der Waals surface area contributed by atoms with Gasteiger partial charge in [0.25, 0.3) is 5.91 Å². The van der Waals surface area contributed by atoms with Crippen LogP contribution >= 0.6 is 11.6 Å². The maximum absolute atomic E-state index is 13.1. The number of aromatic nitrogens is 1. The third kappa shape index (κ3) is 5.20. The van der Waals surface area contributed by atoms with Crippen molar-refractivity contribution in [1.29, 1.82) is 0 Å². The van der Waals surface area contributed by atoms with E-state index in [4.69, 9.17) is 11.6 Å². The number of anilines is 2. The van der Waals surface area contributed by atoms with Gasteiger partial charge in [0.05, 0.1) is 5.52 Å². The van der Waals surface area contributed by atoms with Gasteiger partial charge < -0.3 is 10.6 Å². The van der Waals surface area contributed by atoms with E-state index in [1.807, 2.05) is 52.0 Å². The van der Waals surface area contributed by atoms with Crippen molar-refractivity contribution in [2.75, 3.05) is 16.1 Å². The summed E-state index contributed by atoms with van der Waals surface area (Å²) in [5.41, 5.74) is 8.23. The van der Waals surface area contributed by atoms with Crippen LogP contribution in [-0.4, -0.2) is 22.4 Å². The fraction of sp³-hybridized carbons (Fsp3) is 0.148. The predicted molar refractivity (Wildman–Crippen MR) is 140 cm³/mol. The first-order valence-corrected chi connectivity index (χ1v) is 11.4. The van der Waals surface area contributed by atoms with Crippen LogP contribution in [0.3, 0.4) is 0 Å². The third-order valence-corrected chi connectivity index (χ3v) is 5.88. The largest absolute Gasteiger partial charge is 0.328 e. The van der Waals surface area contributed by atoms with E-state index >= 15 is 0 Å². The van der Waals surface area contributed by atoms with Crippen LogP contribution in [0.5, 0.6) is 0 Å². The topological polar surface area (TPSA) is 92.2 Å². The third-order valence-electron chi connectivity index (χ3n) is 5.64. The van der Waals surface area contributed by atoms with Crippen LogP contribution in [0.25, 0.3) is 10.9 Å². The molecule has 0 fully saturated rings. The van der Waals surface area contributed by atoms with Crippen LogP contribution in [0.2, 0.25) is 5.02 Å². The molecule has 0 aliphatic heterocycles. The molecule has 0 unspecified atom stereocenters. The molecule has 178 valence electrons. The number of hydrogen-bond donors (Lipinski definition) is 3. The number of carbonyl (C=O) groups excluding carboxylic acids is 3. The molecule has 0 bridgehead atoms. The molecule has 1 heterocycles. The molecule has 0 atom stereocenters. The zero-order valence-electron chi connectivity index (χ0n) is 19.8. The molecule has 4 aromatic rings. The van der Waals surface area contributed by atoms with Gasteiger partial charge in [-0.2, -0.15) is 0 Å². The van der Waals surface area contributed by atoms with E-state index in [9.17, 15) is 14.4 Å². The van der Waals surface area contributed by atoms with Crippen molar-refractivity contribution in [3.05, 3.63) is 93.6 Å². The number of halogens is 1. The van der Waals surface area contributed by atoms with E-state index in [0.717, 1.165) is 22.3 Å². The number of benzene rings is 3. The fourth-order valence-electron chi connectivity index (χ4n) is 4.01. The van der Waals surface area contributed by atoms with Crippen molar-refractivity contribution in [2.24, 2.45) is 0 Å². The molecule has 35 heavy (non-hydrogen) atoms. The molecule has 0 saturated heterocycles. The van der Waals surface area contributed by atoms with Gasteiger partial charge in [-0.3, -0.25) is 19.8 Å². The minimum Gasteiger partial charge on any atom is -0.321 e. The molecule has 0 aliphatic carbocycles. The molecule has 3 aromatic carbocycles. The molecule has 0 saturated carbocycles. The van der Waals surface area contributed by atoms with Crippen LogP contribution in [0.15, 0.2) is 60.7 Å². The van der Waals surface area contributed by atoms with Crippen molar-refractivity contribution >= 4 is 51.6 Å². The Bertz CT molecular complexity index is 1450. The summed E-state index contributed by atoms with van der Waals surface area (Å²) in [4.78, 5) is 38.8. The molecule has 3 N–H and O–H groups in total. The van der Waals surface area contributed by atoms with Crippen molar-refractivity contribution in [2.45, 2.75) is 27.7 Å². The zero-order chi connectivity index (χ0) is 25.3. The highest BCUT2D eigenvalue weighted by Crippen LogP contribution is 2.24. The van der Waals surface area contributed by atoms with E-state index in [1.165, 1.54) is 4.68 Å². The van der Waals surface area contributed by atoms with Gasteiger partial charge in [0, 0.05) is 21.8 Å². The number of rotatable bonds is 4. The van der Waals surface area contributed by atoms with Gasteiger partial charge in [-0.05, 0) is 75.2 Å². The molecule has 4 rings (SSSR count). The highest BCUT2D eigenvalue weighted by atomic mass is 35.5. The van der Waals surface area contributed by atoms with Crippen molar-refractivity contribution < 1.29 is 14.4 Å². The number of carbonyl (C=O) groups is 3. The van der Waals surface area contributed by atoms with E-state index in [1.54, 1.807) is 36.4 Å². The normalized spacial score (nSPS) is 10.8. The average molecular weight is 489 g/mol. The first-order valence-electron chi connectivity index (χ1n) is 11.0. The summed E-state index contributed by atoms with van der Waals surface area (Å²) in [6.07, 6.45) is 0. The second-order valence-corrected chi connectivity index (χ2v) is 8.99. The van der Waals surface area contributed by atoms with Gasteiger partial charge in [0.1, 0.15) is 5.69 Å². The molecule has 1 aromatic heterocycles. The number of aryl methyl sites for hydroxylation is 4. The minimum atomic E-state index is -0.916. The maximum atomic E-state index is 13.1. The lowest BCUT2D eigenvalue weighted by atomic mass is 10.1. The van der Waals surface area contributed by atoms with Crippen molar-refractivity contribution in [3.63, 3.8) is 0 Å². The minimum absolute atomic E-state index is 0.145. The fourth-order valence-corrected chi connectivity index (χ4v) is 4.19. The Labute approximate surface area is 208 Å². The summed E-state index contributed by atoms with van der Waals surface area (Å²) in [5.74, 6) is -2.21. The van der Waals surface area contributed by atoms with Crippen molar-refractivity contribution in [1.82, 2.24) is 4.68 Å². The standard InChI is InChI=1S/C27H25ClN4O3/c1-15-5-8-21(9-6-15)29-25(33)23-14-19-13-20(28)7-10-22(19)32(23)31-27(35)26(34)30-24-17(3)11-16(2)12-18(24)4/h5-14H,1-4H3,(H,29,33)(H,30,34)(H,31,35). The SMILES string of the molecule is Cc1ccc(NC(=O)c2cc3cc(Cl)ccc3n2NC(=O)C(=O)Nc2c(C)cc(C)cc2C)cc1. The van der Waals surface area contributed by atoms with Gasteiger partial charge in [-0.1, -0.05) is 47.0 Å². The molecular formula is C27H25ClN4O3. The Kier molecular flexibility index (Phi) is 6.62. The Morgan fingerprint density at radius 1 is 0.743 bits per heavy atom. The van der Waals surface area contributed by atoms with Gasteiger partial charge in [-0.25, -0.2) is 4.68 Å². The molecule has 8 heteroatoms. The molecule has 7 nitrogen and oxygen atoms in total. The second kappa shape index (κ2) is 9.64. The first kappa shape index (κ1) is 24.0. The summed E-state index contributed by atoms with van der Waals surface area (Å²) in [6.45, 7) is 7.65. The monoisotopic (exact) mass is 488 g/mol. The number of amides is 3. The number of nitrogens with one attached hydrogen (secondary N) is 3. The van der Waals surface area contributed by atoms with Crippen LogP contribution in [0.4, 0.5) is 11.4 Å². The van der Waals surface area contributed by atoms with E-state index in [-0.39, 0.29) is 5.69 Å². The van der Waals surface area contributed by atoms with E-state index in [2.05, 4.69) is 16.1 Å². The second-order valence-electron chi connectivity index (χ2n) is 8.56. The van der Waals surface area contributed by atoms with E-state index < -0.39 is 17.7 Å². The maximum Gasteiger partial charge on any atom is 0.328 e. The Morgan fingerprint density at radius 3 is 2.06 bits per heavy atom. The van der Waals surface area contributed by atoms with Crippen molar-refractivity contribution in [3.8, 4) is 0 Å². The van der Waals surface area contributed by atoms with E-state index in [0.29, 0.717) is 27.3 Å². The highest BCUT2D eigenvalue weighted by Gasteiger charge is 2.22. The first-order chi connectivity index (χ1) is 16.6.